The average Bonchev–Trinajstić information content (AvgIpc) is 3.10. The highest BCUT2D eigenvalue weighted by Crippen LogP contribution is 2.46. The highest BCUT2D eigenvalue weighted by molar-refractivity contribution is 6.22. The van der Waals surface area contributed by atoms with Crippen LogP contribution in [0.5, 0.6) is 0 Å². The zero-order valence-electron chi connectivity index (χ0n) is 24.4. The maximum Gasteiger partial charge on any atom is 0.0618 e. The van der Waals surface area contributed by atoms with Crippen molar-refractivity contribution in [2.45, 2.75) is 12.5 Å². The summed E-state index contributed by atoms with van der Waals surface area (Å²) in [5, 5.41) is 7.44. The number of para-hydroxylation sites is 3. The van der Waals surface area contributed by atoms with Gasteiger partial charge < -0.3 is 9.80 Å². The molecule has 2 heteroatoms. The summed E-state index contributed by atoms with van der Waals surface area (Å²) in [6.07, 6.45) is 9.86. The van der Waals surface area contributed by atoms with Gasteiger partial charge in [0.2, 0.25) is 0 Å². The van der Waals surface area contributed by atoms with Crippen LogP contribution in [0.1, 0.15) is 6.42 Å². The number of anilines is 5. The summed E-state index contributed by atoms with van der Waals surface area (Å²) in [5.41, 5.74) is 5.89. The van der Waals surface area contributed by atoms with Crippen LogP contribution in [0.15, 0.2) is 176 Å². The van der Waals surface area contributed by atoms with Gasteiger partial charge in [0.05, 0.1) is 11.7 Å². The molecule has 210 valence electrons. The third-order valence-corrected chi connectivity index (χ3v) is 8.69. The van der Waals surface area contributed by atoms with E-state index >= 15 is 0 Å². The topological polar surface area (TPSA) is 6.48 Å². The number of benzene rings is 7. The van der Waals surface area contributed by atoms with Crippen LogP contribution in [-0.4, -0.2) is 6.04 Å². The van der Waals surface area contributed by atoms with Crippen LogP contribution in [-0.2, 0) is 0 Å². The van der Waals surface area contributed by atoms with Gasteiger partial charge in [-0.2, -0.15) is 0 Å². The van der Waals surface area contributed by atoms with Crippen LogP contribution in [0.4, 0.5) is 28.4 Å². The van der Waals surface area contributed by atoms with E-state index in [9.17, 15) is 0 Å². The summed E-state index contributed by atoms with van der Waals surface area (Å²) in [6.45, 7) is 0. The summed E-state index contributed by atoms with van der Waals surface area (Å²) >= 11 is 0. The van der Waals surface area contributed by atoms with Crippen molar-refractivity contribution in [1.82, 2.24) is 0 Å². The lowest BCUT2D eigenvalue weighted by molar-refractivity contribution is 0.787. The Hall–Kier alpha value is -5.60. The zero-order chi connectivity index (χ0) is 29.3. The van der Waals surface area contributed by atoms with Crippen molar-refractivity contribution >= 4 is 60.8 Å². The smallest absolute Gasteiger partial charge is 0.0618 e. The third kappa shape index (κ3) is 4.53. The van der Waals surface area contributed by atoms with Gasteiger partial charge in [-0.3, -0.25) is 0 Å². The van der Waals surface area contributed by atoms with E-state index in [2.05, 4.69) is 186 Å². The highest BCUT2D eigenvalue weighted by atomic mass is 15.2. The molecule has 1 aliphatic rings. The Balaban J connectivity index is 1.43. The minimum atomic E-state index is 0.238. The molecule has 0 aliphatic heterocycles. The lowest BCUT2D eigenvalue weighted by Crippen LogP contribution is -2.29. The second-order valence-corrected chi connectivity index (χ2v) is 11.3. The van der Waals surface area contributed by atoms with E-state index in [0.29, 0.717) is 0 Å². The van der Waals surface area contributed by atoms with Crippen LogP contribution < -0.4 is 9.80 Å². The van der Waals surface area contributed by atoms with E-state index < -0.39 is 0 Å². The number of rotatable bonds is 6. The molecule has 8 rings (SSSR count). The lowest BCUT2D eigenvalue weighted by Gasteiger charge is -2.34. The maximum absolute atomic E-state index is 2.50. The van der Waals surface area contributed by atoms with E-state index in [1.165, 1.54) is 49.4 Å². The number of hydrogen-bond donors (Lipinski definition) is 0. The molecule has 0 amide bonds. The zero-order valence-corrected chi connectivity index (χ0v) is 24.4. The number of allylic oxidation sites excluding steroid dienone is 2. The molecule has 7 aromatic rings. The van der Waals surface area contributed by atoms with E-state index in [1.54, 1.807) is 0 Å². The van der Waals surface area contributed by atoms with Gasteiger partial charge in [-0.15, -0.1) is 0 Å². The average molecular weight is 565 g/mol. The lowest BCUT2D eigenvalue weighted by atomic mass is 9.93. The molecule has 1 unspecified atom stereocenters. The van der Waals surface area contributed by atoms with E-state index in [-0.39, 0.29) is 6.04 Å². The minimum Gasteiger partial charge on any atom is -0.334 e. The number of fused-ring (bicyclic) bond motifs is 4. The standard InChI is InChI=1S/C42H32N2/c1-5-17-32(18-6-1)43(33-19-7-2-8-20-33)41-27-15-26-37-38(41)28-29-39-40(37)30-31-16-13-14-25-36(31)42(39)44(34-21-9-3-10-22-34)35-23-11-4-12-24-35/h1-19,21-30,33H,20H2. The molecule has 0 bridgehead atoms. The summed E-state index contributed by atoms with van der Waals surface area (Å²) in [6, 6.07) is 55.1. The fourth-order valence-electron chi connectivity index (χ4n) is 6.73. The van der Waals surface area contributed by atoms with Gasteiger partial charge >= 0.3 is 0 Å². The van der Waals surface area contributed by atoms with Gasteiger partial charge in [-0.25, -0.2) is 0 Å². The van der Waals surface area contributed by atoms with Crippen LogP contribution in [0, 0.1) is 0 Å². The Bertz CT molecular complexity index is 2110. The SMILES string of the molecule is C1=CCC(N(c2ccccc2)c2cccc3c2ccc2c(N(c4ccccc4)c4ccccc4)c4ccccc4cc23)C=C1. The van der Waals surface area contributed by atoms with Crippen LogP contribution in [0.25, 0.3) is 32.3 Å². The van der Waals surface area contributed by atoms with Crippen molar-refractivity contribution in [3.8, 4) is 0 Å². The van der Waals surface area contributed by atoms with Gasteiger partial charge in [0.15, 0.2) is 0 Å². The van der Waals surface area contributed by atoms with Gasteiger partial charge in [0.1, 0.15) is 0 Å². The van der Waals surface area contributed by atoms with Crippen molar-refractivity contribution in [2.24, 2.45) is 0 Å². The molecule has 0 radical (unpaired) electrons. The van der Waals surface area contributed by atoms with Crippen LogP contribution in [0.3, 0.4) is 0 Å². The third-order valence-electron chi connectivity index (χ3n) is 8.69. The molecular formula is C42H32N2. The maximum atomic E-state index is 2.50. The molecule has 0 heterocycles. The first-order valence-electron chi connectivity index (χ1n) is 15.3. The second-order valence-electron chi connectivity index (χ2n) is 11.3. The number of nitrogens with zero attached hydrogens (tertiary/aromatic N) is 2. The first-order valence-corrected chi connectivity index (χ1v) is 15.3. The summed E-state index contributed by atoms with van der Waals surface area (Å²) < 4.78 is 0. The van der Waals surface area contributed by atoms with Crippen molar-refractivity contribution in [3.05, 3.63) is 176 Å². The first-order chi connectivity index (χ1) is 21.9. The Kier molecular flexibility index (Phi) is 6.66. The largest absolute Gasteiger partial charge is 0.334 e. The quantitative estimate of drug-likeness (QED) is 0.146. The minimum absolute atomic E-state index is 0.238. The van der Waals surface area contributed by atoms with Gasteiger partial charge in [-0.1, -0.05) is 127 Å². The predicted octanol–water partition coefficient (Wildman–Crippen LogP) is 11.6. The molecule has 0 spiro atoms. The molecule has 0 aromatic heterocycles. The normalized spacial score (nSPS) is 14.3. The molecule has 0 saturated heterocycles. The first kappa shape index (κ1) is 26.1. The fourth-order valence-corrected chi connectivity index (χ4v) is 6.73. The highest BCUT2D eigenvalue weighted by Gasteiger charge is 2.23. The Labute approximate surface area is 258 Å². The summed E-state index contributed by atoms with van der Waals surface area (Å²) in [5.74, 6) is 0. The Morgan fingerprint density at radius 3 is 1.75 bits per heavy atom. The fraction of sp³-hybridized carbons (Fsp3) is 0.0476. The molecule has 0 N–H and O–H groups in total. The van der Waals surface area contributed by atoms with Crippen molar-refractivity contribution in [3.63, 3.8) is 0 Å². The summed E-state index contributed by atoms with van der Waals surface area (Å²) in [4.78, 5) is 4.91. The van der Waals surface area contributed by atoms with Crippen LogP contribution in [0.2, 0.25) is 0 Å². The Morgan fingerprint density at radius 2 is 1.07 bits per heavy atom. The van der Waals surface area contributed by atoms with Crippen molar-refractivity contribution in [1.29, 1.82) is 0 Å². The molecule has 1 aliphatic carbocycles. The van der Waals surface area contributed by atoms with E-state index in [4.69, 9.17) is 0 Å². The summed E-state index contributed by atoms with van der Waals surface area (Å²) in [7, 11) is 0. The molecule has 2 nitrogen and oxygen atoms in total. The number of hydrogen-bond acceptors (Lipinski definition) is 2. The van der Waals surface area contributed by atoms with Crippen molar-refractivity contribution < 1.29 is 0 Å². The molecule has 7 aromatic carbocycles. The molecule has 1 atom stereocenters. The molecule has 0 saturated carbocycles. The van der Waals surface area contributed by atoms with E-state index in [0.717, 1.165) is 17.8 Å². The van der Waals surface area contributed by atoms with Crippen LogP contribution >= 0.6 is 0 Å². The predicted molar refractivity (Wildman–Crippen MR) is 189 cm³/mol. The van der Waals surface area contributed by atoms with Gasteiger partial charge in [0.25, 0.3) is 0 Å². The monoisotopic (exact) mass is 564 g/mol. The van der Waals surface area contributed by atoms with Gasteiger partial charge in [-0.05, 0) is 71.1 Å². The van der Waals surface area contributed by atoms with E-state index in [1.807, 2.05) is 0 Å². The second kappa shape index (κ2) is 11.2. The van der Waals surface area contributed by atoms with Gasteiger partial charge in [0, 0.05) is 38.9 Å². The van der Waals surface area contributed by atoms with Crippen molar-refractivity contribution in [2.75, 3.05) is 9.80 Å². The molecule has 44 heavy (non-hydrogen) atoms. The molecular weight excluding hydrogens is 532 g/mol. The molecule has 0 fully saturated rings. The Morgan fingerprint density at radius 1 is 0.455 bits per heavy atom.